The molecule has 0 bridgehead atoms. The van der Waals surface area contributed by atoms with Gasteiger partial charge in [0.15, 0.2) is 11.5 Å². The number of nitrogens with one attached hydrogen (secondary N) is 1. The number of hydrogen-bond acceptors (Lipinski definition) is 6. The highest BCUT2D eigenvalue weighted by molar-refractivity contribution is 5.98. The lowest BCUT2D eigenvalue weighted by molar-refractivity contribution is -0.132. The quantitative estimate of drug-likeness (QED) is 0.662. The van der Waals surface area contributed by atoms with Crippen molar-refractivity contribution in [3.63, 3.8) is 0 Å². The van der Waals surface area contributed by atoms with Crippen molar-refractivity contribution in [1.29, 1.82) is 0 Å². The van der Waals surface area contributed by atoms with E-state index >= 15 is 0 Å². The smallest absolute Gasteiger partial charge is 0.257 e. The molecule has 3 heterocycles. The van der Waals surface area contributed by atoms with Crippen LogP contribution in [0.15, 0.2) is 29.1 Å². The first-order chi connectivity index (χ1) is 17.5. The topological polar surface area (TPSA) is 99.1 Å². The number of ether oxygens (including phenoxy) is 3. The highest BCUT2D eigenvalue weighted by atomic mass is 16.7. The van der Waals surface area contributed by atoms with E-state index in [9.17, 15) is 14.4 Å². The van der Waals surface area contributed by atoms with Gasteiger partial charge in [-0.3, -0.25) is 14.4 Å². The molecular weight excluding hydrogens is 462 g/mol. The Morgan fingerprint density at radius 1 is 1.06 bits per heavy atom. The minimum absolute atomic E-state index is 0.142. The molecule has 0 saturated heterocycles. The summed E-state index contributed by atoms with van der Waals surface area (Å²) >= 11 is 0. The minimum Gasteiger partial charge on any atom is -0.496 e. The van der Waals surface area contributed by atoms with Crippen molar-refractivity contribution in [3.05, 3.63) is 51.4 Å². The Morgan fingerprint density at radius 3 is 2.67 bits per heavy atom. The molecule has 0 radical (unpaired) electrons. The van der Waals surface area contributed by atoms with Gasteiger partial charge in [-0.15, -0.1) is 0 Å². The summed E-state index contributed by atoms with van der Waals surface area (Å²) in [6.07, 6.45) is 6.86. The molecule has 1 aromatic carbocycles. The molecule has 2 amide bonds. The van der Waals surface area contributed by atoms with Crippen molar-refractivity contribution in [2.45, 2.75) is 58.0 Å². The molecule has 1 fully saturated rings. The van der Waals surface area contributed by atoms with Crippen molar-refractivity contribution >= 4 is 11.8 Å². The van der Waals surface area contributed by atoms with E-state index in [1.807, 2.05) is 23.1 Å². The maximum Gasteiger partial charge on any atom is 0.257 e. The van der Waals surface area contributed by atoms with Gasteiger partial charge in [0, 0.05) is 50.8 Å². The Kier molecular flexibility index (Phi) is 7.16. The lowest BCUT2D eigenvalue weighted by Crippen LogP contribution is -2.35. The zero-order valence-corrected chi connectivity index (χ0v) is 20.7. The van der Waals surface area contributed by atoms with Gasteiger partial charge in [-0.2, -0.15) is 0 Å². The Hall–Kier alpha value is -3.49. The first kappa shape index (κ1) is 24.2. The molecule has 192 valence electrons. The summed E-state index contributed by atoms with van der Waals surface area (Å²) < 4.78 is 17.8. The van der Waals surface area contributed by atoms with Crippen LogP contribution in [0.4, 0.5) is 0 Å². The van der Waals surface area contributed by atoms with Crippen LogP contribution in [-0.2, 0) is 24.3 Å². The van der Waals surface area contributed by atoms with Crippen LogP contribution in [0.2, 0.25) is 0 Å². The summed E-state index contributed by atoms with van der Waals surface area (Å²) in [5.41, 5.74) is 1.59. The highest BCUT2D eigenvalue weighted by Gasteiger charge is 2.28. The molecule has 9 heteroatoms. The second-order valence-electron chi connectivity index (χ2n) is 9.73. The van der Waals surface area contributed by atoms with Crippen LogP contribution < -0.4 is 25.1 Å². The Bertz CT molecular complexity index is 1200. The van der Waals surface area contributed by atoms with Crippen molar-refractivity contribution in [2.24, 2.45) is 5.92 Å². The van der Waals surface area contributed by atoms with Gasteiger partial charge in [0.2, 0.25) is 12.7 Å². The number of carbonyl (C=O) groups excluding carboxylic acids is 2. The van der Waals surface area contributed by atoms with Gasteiger partial charge < -0.3 is 29.0 Å². The number of fused-ring (bicyclic) bond motifs is 2. The lowest BCUT2D eigenvalue weighted by Gasteiger charge is -2.25. The van der Waals surface area contributed by atoms with Crippen LogP contribution in [0, 0.1) is 5.92 Å². The molecule has 2 aromatic rings. The van der Waals surface area contributed by atoms with E-state index < -0.39 is 0 Å². The molecule has 3 aliphatic rings. The SMILES string of the molecule is COc1cc(=O)n2c(c1C(=O)NCc1ccc3c(c1)OCO3)CCN(C(=O)CC1CCCCC1)CC2. The molecule has 9 nitrogen and oxygen atoms in total. The van der Waals surface area contributed by atoms with Crippen molar-refractivity contribution in [1.82, 2.24) is 14.8 Å². The molecule has 1 aliphatic carbocycles. The zero-order chi connectivity index (χ0) is 25.1. The first-order valence-electron chi connectivity index (χ1n) is 12.8. The zero-order valence-electron chi connectivity index (χ0n) is 20.7. The molecule has 0 spiro atoms. The number of nitrogens with zero attached hydrogens (tertiary/aromatic N) is 2. The number of amides is 2. The second-order valence-corrected chi connectivity index (χ2v) is 9.73. The average molecular weight is 496 g/mol. The van der Waals surface area contributed by atoms with E-state index in [4.69, 9.17) is 14.2 Å². The van der Waals surface area contributed by atoms with E-state index in [2.05, 4.69) is 5.32 Å². The number of pyridine rings is 1. The molecular formula is C27H33N3O6. The third kappa shape index (κ3) is 5.05. The van der Waals surface area contributed by atoms with Crippen molar-refractivity contribution in [3.8, 4) is 17.2 Å². The van der Waals surface area contributed by atoms with Gasteiger partial charge in [-0.1, -0.05) is 25.3 Å². The van der Waals surface area contributed by atoms with Crippen LogP contribution in [0.5, 0.6) is 17.2 Å². The number of benzene rings is 1. The van der Waals surface area contributed by atoms with Crippen LogP contribution in [0.25, 0.3) is 0 Å². The lowest BCUT2D eigenvalue weighted by atomic mass is 9.86. The molecule has 1 N–H and O–H groups in total. The molecule has 1 saturated carbocycles. The molecule has 0 atom stereocenters. The van der Waals surface area contributed by atoms with E-state index in [1.54, 1.807) is 4.57 Å². The number of hydrogen-bond donors (Lipinski definition) is 1. The second kappa shape index (κ2) is 10.6. The summed E-state index contributed by atoms with van der Waals surface area (Å²) in [7, 11) is 1.46. The summed E-state index contributed by atoms with van der Waals surface area (Å²) in [6, 6.07) is 6.89. The predicted molar refractivity (Wildman–Crippen MR) is 132 cm³/mol. The molecule has 2 aliphatic heterocycles. The maximum atomic E-state index is 13.4. The summed E-state index contributed by atoms with van der Waals surface area (Å²) in [4.78, 5) is 41.1. The third-order valence-corrected chi connectivity index (χ3v) is 7.47. The summed E-state index contributed by atoms with van der Waals surface area (Å²) in [5, 5.41) is 2.95. The monoisotopic (exact) mass is 495 g/mol. The maximum absolute atomic E-state index is 13.4. The predicted octanol–water partition coefficient (Wildman–Crippen LogP) is 2.87. The number of rotatable bonds is 6. The Balaban J connectivity index is 1.32. The van der Waals surface area contributed by atoms with Crippen LogP contribution in [-0.4, -0.2) is 48.3 Å². The van der Waals surface area contributed by atoms with Gasteiger partial charge in [0.05, 0.1) is 7.11 Å². The fourth-order valence-electron chi connectivity index (χ4n) is 5.49. The largest absolute Gasteiger partial charge is 0.496 e. The highest BCUT2D eigenvalue weighted by Crippen LogP contribution is 2.32. The Morgan fingerprint density at radius 2 is 1.86 bits per heavy atom. The van der Waals surface area contributed by atoms with E-state index in [1.165, 1.54) is 32.4 Å². The summed E-state index contributed by atoms with van der Waals surface area (Å²) in [5.74, 6) is 1.85. The minimum atomic E-state index is -0.324. The standard InChI is InChI=1S/C27H33N3O6/c1-34-23-15-25(32)30-12-11-29(24(31)14-18-5-3-2-4-6-18)10-9-20(30)26(23)27(33)28-16-19-7-8-21-22(13-19)36-17-35-21/h7-8,13,15,18H,2-6,9-12,14,16-17H2,1H3,(H,28,33). The van der Waals surface area contributed by atoms with Crippen molar-refractivity contribution < 1.29 is 23.8 Å². The summed E-state index contributed by atoms with van der Waals surface area (Å²) in [6.45, 7) is 1.76. The van der Waals surface area contributed by atoms with Crippen molar-refractivity contribution in [2.75, 3.05) is 27.0 Å². The number of methoxy groups -OCH3 is 1. The fourth-order valence-corrected chi connectivity index (χ4v) is 5.49. The van der Waals surface area contributed by atoms with Crippen LogP contribution in [0.1, 0.15) is 60.1 Å². The van der Waals surface area contributed by atoms with E-state index in [0.29, 0.717) is 61.2 Å². The third-order valence-electron chi connectivity index (χ3n) is 7.47. The van der Waals surface area contributed by atoms with Gasteiger partial charge in [0.1, 0.15) is 11.3 Å². The molecule has 0 unspecified atom stereocenters. The average Bonchev–Trinajstić information content (AvgIpc) is 3.24. The molecule has 5 rings (SSSR count). The van der Waals surface area contributed by atoms with Gasteiger partial charge in [-0.05, 0) is 36.5 Å². The van der Waals surface area contributed by atoms with Gasteiger partial charge in [0.25, 0.3) is 11.5 Å². The van der Waals surface area contributed by atoms with E-state index in [-0.39, 0.29) is 36.5 Å². The number of carbonyl (C=O) groups is 2. The van der Waals surface area contributed by atoms with Crippen LogP contribution in [0.3, 0.4) is 0 Å². The normalized spacial score (nSPS) is 17.3. The van der Waals surface area contributed by atoms with Gasteiger partial charge >= 0.3 is 0 Å². The fraction of sp³-hybridized carbons (Fsp3) is 0.519. The molecule has 1 aromatic heterocycles. The van der Waals surface area contributed by atoms with E-state index in [0.717, 1.165) is 18.4 Å². The molecule has 36 heavy (non-hydrogen) atoms. The van der Waals surface area contributed by atoms with Gasteiger partial charge in [-0.25, -0.2) is 0 Å². The first-order valence-corrected chi connectivity index (χ1v) is 12.8. The Labute approximate surface area is 210 Å². The van der Waals surface area contributed by atoms with Crippen LogP contribution >= 0.6 is 0 Å². The number of aromatic nitrogens is 1.